The summed E-state index contributed by atoms with van der Waals surface area (Å²) in [5, 5.41) is 9.42. The molecule has 0 radical (unpaired) electrons. The molecule has 0 fully saturated rings. The lowest BCUT2D eigenvalue weighted by Crippen LogP contribution is -2.11. The molecule has 0 aliphatic carbocycles. The maximum absolute atomic E-state index is 9.42. The van der Waals surface area contributed by atoms with Gasteiger partial charge < -0.3 is 9.67 Å². The Balaban J connectivity index is 2.30. The first-order valence-corrected chi connectivity index (χ1v) is 6.60. The van der Waals surface area contributed by atoms with E-state index in [1.165, 1.54) is 11.3 Å². The summed E-state index contributed by atoms with van der Waals surface area (Å²) in [5.74, 6) is 0. The number of aliphatic hydroxyl groups excluding tert-OH is 1. The molecule has 0 bridgehead atoms. The molecule has 18 heavy (non-hydrogen) atoms. The van der Waals surface area contributed by atoms with Crippen LogP contribution in [-0.2, 0) is 13.0 Å². The van der Waals surface area contributed by atoms with E-state index < -0.39 is 0 Å². The average Bonchev–Trinajstić information content (AvgIpc) is 2.82. The van der Waals surface area contributed by atoms with Crippen LogP contribution in [0.3, 0.4) is 0 Å². The van der Waals surface area contributed by atoms with Gasteiger partial charge in [-0.3, -0.25) is 0 Å². The number of aromatic nitrogens is 1. The third kappa shape index (κ3) is 2.65. The van der Waals surface area contributed by atoms with Crippen LogP contribution in [0.2, 0.25) is 0 Å². The van der Waals surface area contributed by atoms with Gasteiger partial charge in [0.05, 0.1) is 6.61 Å². The Morgan fingerprint density at radius 1 is 1.06 bits per heavy atom. The standard InChI is InChI=1S/C16H21NO/c1-3-13(2)17-15(9-10-16(17)12-18)11-14-7-5-4-6-8-14/h4-10,13,18H,3,11-12H2,1-2H3. The molecule has 1 heterocycles. The van der Waals surface area contributed by atoms with Gasteiger partial charge in [0.25, 0.3) is 0 Å². The van der Waals surface area contributed by atoms with Crippen molar-refractivity contribution in [1.29, 1.82) is 0 Å². The topological polar surface area (TPSA) is 25.2 Å². The highest BCUT2D eigenvalue weighted by atomic mass is 16.3. The first kappa shape index (κ1) is 12.9. The Morgan fingerprint density at radius 2 is 1.72 bits per heavy atom. The highest BCUT2D eigenvalue weighted by Crippen LogP contribution is 2.21. The normalized spacial score (nSPS) is 12.6. The number of benzene rings is 1. The number of hydrogen-bond acceptors (Lipinski definition) is 1. The van der Waals surface area contributed by atoms with Crippen LogP contribution in [0.4, 0.5) is 0 Å². The van der Waals surface area contributed by atoms with E-state index in [4.69, 9.17) is 0 Å². The largest absolute Gasteiger partial charge is 0.390 e. The van der Waals surface area contributed by atoms with E-state index >= 15 is 0 Å². The maximum Gasteiger partial charge on any atom is 0.0833 e. The van der Waals surface area contributed by atoms with Crippen LogP contribution in [0, 0.1) is 0 Å². The number of hydrogen-bond donors (Lipinski definition) is 1. The van der Waals surface area contributed by atoms with Crippen LogP contribution in [-0.4, -0.2) is 9.67 Å². The van der Waals surface area contributed by atoms with Crippen LogP contribution >= 0.6 is 0 Å². The number of rotatable bonds is 5. The molecule has 0 amide bonds. The molecule has 0 aliphatic heterocycles. The molecule has 2 aromatic rings. The molecular weight excluding hydrogens is 222 g/mol. The second-order valence-corrected chi connectivity index (χ2v) is 4.76. The van der Waals surface area contributed by atoms with Gasteiger partial charge in [-0.25, -0.2) is 0 Å². The molecule has 0 saturated carbocycles. The van der Waals surface area contributed by atoms with Crippen molar-refractivity contribution in [3.05, 3.63) is 59.4 Å². The maximum atomic E-state index is 9.42. The predicted molar refractivity (Wildman–Crippen MR) is 74.6 cm³/mol. The molecule has 96 valence electrons. The second kappa shape index (κ2) is 5.87. The van der Waals surface area contributed by atoms with E-state index in [0.717, 1.165) is 18.5 Å². The van der Waals surface area contributed by atoms with Crippen molar-refractivity contribution in [2.24, 2.45) is 0 Å². The summed E-state index contributed by atoms with van der Waals surface area (Å²) in [6.45, 7) is 4.49. The Morgan fingerprint density at radius 3 is 2.33 bits per heavy atom. The minimum absolute atomic E-state index is 0.110. The molecule has 0 spiro atoms. The summed E-state index contributed by atoms with van der Waals surface area (Å²) in [6, 6.07) is 15.1. The van der Waals surface area contributed by atoms with Crippen molar-refractivity contribution in [3.63, 3.8) is 0 Å². The van der Waals surface area contributed by atoms with Crippen molar-refractivity contribution < 1.29 is 5.11 Å². The minimum atomic E-state index is 0.110. The van der Waals surface area contributed by atoms with Gasteiger partial charge in [0.1, 0.15) is 0 Å². The van der Waals surface area contributed by atoms with E-state index in [0.29, 0.717) is 6.04 Å². The van der Waals surface area contributed by atoms with Crippen molar-refractivity contribution in [2.75, 3.05) is 0 Å². The summed E-state index contributed by atoms with van der Waals surface area (Å²) < 4.78 is 2.27. The highest BCUT2D eigenvalue weighted by Gasteiger charge is 2.12. The van der Waals surface area contributed by atoms with Crippen molar-refractivity contribution >= 4 is 0 Å². The van der Waals surface area contributed by atoms with Gasteiger partial charge in [0, 0.05) is 23.9 Å². The van der Waals surface area contributed by atoms with Gasteiger partial charge in [-0.05, 0) is 31.0 Å². The van der Waals surface area contributed by atoms with Crippen LogP contribution in [0.25, 0.3) is 0 Å². The van der Waals surface area contributed by atoms with E-state index in [1.807, 2.05) is 12.1 Å². The SMILES string of the molecule is CCC(C)n1c(CO)ccc1Cc1ccccc1. The van der Waals surface area contributed by atoms with E-state index in [1.54, 1.807) is 0 Å². The Hall–Kier alpha value is -1.54. The Labute approximate surface area is 109 Å². The summed E-state index contributed by atoms with van der Waals surface area (Å²) in [7, 11) is 0. The fourth-order valence-corrected chi connectivity index (χ4v) is 2.36. The third-order valence-corrected chi connectivity index (χ3v) is 3.51. The fourth-order valence-electron chi connectivity index (χ4n) is 2.36. The minimum Gasteiger partial charge on any atom is -0.390 e. The summed E-state index contributed by atoms with van der Waals surface area (Å²) >= 11 is 0. The van der Waals surface area contributed by atoms with Gasteiger partial charge in [0.15, 0.2) is 0 Å². The van der Waals surface area contributed by atoms with Crippen LogP contribution in [0.15, 0.2) is 42.5 Å². The quantitative estimate of drug-likeness (QED) is 0.853. The van der Waals surface area contributed by atoms with Gasteiger partial charge >= 0.3 is 0 Å². The molecule has 1 aromatic heterocycles. The third-order valence-electron chi connectivity index (χ3n) is 3.51. The van der Waals surface area contributed by atoms with Gasteiger partial charge in [-0.1, -0.05) is 37.3 Å². The molecule has 2 heteroatoms. The van der Waals surface area contributed by atoms with Gasteiger partial charge in [-0.15, -0.1) is 0 Å². The summed E-state index contributed by atoms with van der Waals surface area (Å²) in [6.07, 6.45) is 1.99. The lowest BCUT2D eigenvalue weighted by Gasteiger charge is -2.19. The zero-order valence-corrected chi connectivity index (χ0v) is 11.1. The second-order valence-electron chi connectivity index (χ2n) is 4.76. The highest BCUT2D eigenvalue weighted by molar-refractivity contribution is 5.25. The zero-order chi connectivity index (χ0) is 13.0. The van der Waals surface area contributed by atoms with Crippen LogP contribution in [0.1, 0.15) is 43.3 Å². The molecule has 1 N–H and O–H groups in total. The zero-order valence-electron chi connectivity index (χ0n) is 11.1. The molecule has 1 unspecified atom stereocenters. The van der Waals surface area contributed by atoms with Gasteiger partial charge in [0.2, 0.25) is 0 Å². The average molecular weight is 243 g/mol. The molecule has 1 atom stereocenters. The predicted octanol–water partition coefficient (Wildman–Crippen LogP) is 3.54. The molecule has 0 saturated heterocycles. The van der Waals surface area contributed by atoms with Crippen molar-refractivity contribution in [2.45, 2.75) is 39.3 Å². The number of nitrogens with zero attached hydrogens (tertiary/aromatic N) is 1. The van der Waals surface area contributed by atoms with Crippen LogP contribution in [0.5, 0.6) is 0 Å². The smallest absolute Gasteiger partial charge is 0.0833 e. The van der Waals surface area contributed by atoms with Crippen LogP contribution < -0.4 is 0 Å². The Kier molecular flexibility index (Phi) is 4.21. The summed E-state index contributed by atoms with van der Waals surface area (Å²) in [5.41, 5.74) is 3.60. The monoisotopic (exact) mass is 243 g/mol. The molecule has 0 aliphatic rings. The Bertz CT molecular complexity index is 487. The summed E-state index contributed by atoms with van der Waals surface area (Å²) in [4.78, 5) is 0. The first-order chi connectivity index (χ1) is 8.76. The lowest BCUT2D eigenvalue weighted by atomic mass is 10.1. The van der Waals surface area contributed by atoms with E-state index in [9.17, 15) is 5.11 Å². The molecule has 1 aromatic carbocycles. The van der Waals surface area contributed by atoms with Gasteiger partial charge in [-0.2, -0.15) is 0 Å². The molecule has 2 rings (SSSR count). The number of aliphatic hydroxyl groups is 1. The fraction of sp³-hybridized carbons (Fsp3) is 0.375. The molecule has 2 nitrogen and oxygen atoms in total. The lowest BCUT2D eigenvalue weighted by molar-refractivity contribution is 0.265. The van der Waals surface area contributed by atoms with Crippen molar-refractivity contribution in [1.82, 2.24) is 4.57 Å². The van der Waals surface area contributed by atoms with E-state index in [2.05, 4.69) is 48.7 Å². The molecular formula is C16H21NO. The van der Waals surface area contributed by atoms with E-state index in [-0.39, 0.29) is 6.61 Å². The first-order valence-electron chi connectivity index (χ1n) is 6.60. The van der Waals surface area contributed by atoms with Crippen molar-refractivity contribution in [3.8, 4) is 0 Å².